The molecular weight excluding hydrogens is 290 g/mol. The van der Waals surface area contributed by atoms with E-state index in [1.165, 1.54) is 11.8 Å². The number of thioether (sulfide) groups is 1. The van der Waals surface area contributed by atoms with Crippen LogP contribution in [0.5, 0.6) is 0 Å². The van der Waals surface area contributed by atoms with Gasteiger partial charge in [-0.1, -0.05) is 0 Å². The van der Waals surface area contributed by atoms with Gasteiger partial charge >= 0.3 is 0 Å². The molecule has 1 amide bonds. The standard InChI is InChI=1S/C14H17N3OS2/c1-10-9-20-12(17-10)6-4-7-15-13(18)11-5-3-8-16-14(11)19-2/h3,5,8-9H,4,6-7H2,1-2H3,(H,15,18). The molecule has 0 unspecified atom stereocenters. The number of hydrogen-bond donors (Lipinski definition) is 1. The molecule has 0 aliphatic rings. The van der Waals surface area contributed by atoms with Gasteiger partial charge in [0.25, 0.3) is 5.91 Å². The number of hydrogen-bond acceptors (Lipinski definition) is 5. The summed E-state index contributed by atoms with van der Waals surface area (Å²) in [6.07, 6.45) is 5.42. The van der Waals surface area contributed by atoms with Crippen molar-refractivity contribution in [2.75, 3.05) is 12.8 Å². The highest BCUT2D eigenvalue weighted by atomic mass is 32.2. The number of rotatable bonds is 6. The van der Waals surface area contributed by atoms with Crippen LogP contribution in [0.3, 0.4) is 0 Å². The lowest BCUT2D eigenvalue weighted by molar-refractivity contribution is 0.0949. The molecule has 106 valence electrons. The lowest BCUT2D eigenvalue weighted by Crippen LogP contribution is -2.25. The lowest BCUT2D eigenvalue weighted by atomic mass is 10.2. The highest BCUT2D eigenvalue weighted by molar-refractivity contribution is 7.98. The Kier molecular flexibility index (Phi) is 5.55. The molecule has 0 aromatic carbocycles. The number of pyridine rings is 1. The van der Waals surface area contributed by atoms with E-state index in [1.807, 2.05) is 18.6 Å². The van der Waals surface area contributed by atoms with E-state index in [9.17, 15) is 4.79 Å². The third-order valence-electron chi connectivity index (χ3n) is 2.73. The SMILES string of the molecule is CSc1ncccc1C(=O)NCCCc1nc(C)cs1. The van der Waals surface area contributed by atoms with Crippen LogP contribution in [-0.2, 0) is 6.42 Å². The lowest BCUT2D eigenvalue weighted by Gasteiger charge is -2.07. The van der Waals surface area contributed by atoms with Crippen LogP contribution in [0.25, 0.3) is 0 Å². The summed E-state index contributed by atoms with van der Waals surface area (Å²) in [5.41, 5.74) is 1.71. The maximum atomic E-state index is 12.1. The van der Waals surface area contributed by atoms with E-state index in [4.69, 9.17) is 0 Å². The van der Waals surface area contributed by atoms with Crippen LogP contribution in [0, 0.1) is 6.92 Å². The third kappa shape index (κ3) is 4.05. The minimum Gasteiger partial charge on any atom is -0.352 e. The van der Waals surface area contributed by atoms with Crippen LogP contribution in [0.1, 0.15) is 27.5 Å². The summed E-state index contributed by atoms with van der Waals surface area (Å²) >= 11 is 3.16. The Morgan fingerprint density at radius 2 is 2.35 bits per heavy atom. The molecular formula is C14H17N3OS2. The summed E-state index contributed by atoms with van der Waals surface area (Å²) in [5.74, 6) is -0.0576. The molecule has 4 nitrogen and oxygen atoms in total. The molecule has 0 saturated heterocycles. The smallest absolute Gasteiger partial charge is 0.254 e. The average molecular weight is 307 g/mol. The van der Waals surface area contributed by atoms with Crippen molar-refractivity contribution in [2.45, 2.75) is 24.8 Å². The summed E-state index contributed by atoms with van der Waals surface area (Å²) in [7, 11) is 0. The molecule has 0 aliphatic heterocycles. The zero-order valence-electron chi connectivity index (χ0n) is 11.5. The van der Waals surface area contributed by atoms with Crippen molar-refractivity contribution < 1.29 is 4.79 Å². The number of amides is 1. The number of aryl methyl sites for hydroxylation is 2. The fraction of sp³-hybridized carbons (Fsp3) is 0.357. The Morgan fingerprint density at radius 3 is 3.05 bits per heavy atom. The summed E-state index contributed by atoms with van der Waals surface area (Å²) in [4.78, 5) is 20.7. The second kappa shape index (κ2) is 7.40. The fourth-order valence-electron chi connectivity index (χ4n) is 1.78. The highest BCUT2D eigenvalue weighted by Crippen LogP contribution is 2.16. The first kappa shape index (κ1) is 15.0. The zero-order valence-corrected chi connectivity index (χ0v) is 13.2. The topological polar surface area (TPSA) is 54.9 Å². The van der Waals surface area contributed by atoms with E-state index in [1.54, 1.807) is 29.7 Å². The normalized spacial score (nSPS) is 10.5. The number of thiazole rings is 1. The first-order valence-corrected chi connectivity index (χ1v) is 8.49. The van der Waals surface area contributed by atoms with Gasteiger partial charge < -0.3 is 5.32 Å². The van der Waals surface area contributed by atoms with Crippen molar-refractivity contribution in [3.63, 3.8) is 0 Å². The van der Waals surface area contributed by atoms with Gasteiger partial charge in [-0.15, -0.1) is 23.1 Å². The molecule has 0 aliphatic carbocycles. The monoisotopic (exact) mass is 307 g/mol. The fourth-order valence-corrected chi connectivity index (χ4v) is 3.15. The van der Waals surface area contributed by atoms with Crippen LogP contribution in [0.15, 0.2) is 28.7 Å². The molecule has 0 spiro atoms. The minimum atomic E-state index is -0.0576. The molecule has 20 heavy (non-hydrogen) atoms. The van der Waals surface area contributed by atoms with Crippen LogP contribution in [-0.4, -0.2) is 28.7 Å². The van der Waals surface area contributed by atoms with Crippen LogP contribution in [0.2, 0.25) is 0 Å². The van der Waals surface area contributed by atoms with E-state index < -0.39 is 0 Å². The van der Waals surface area contributed by atoms with Crippen LogP contribution >= 0.6 is 23.1 Å². The van der Waals surface area contributed by atoms with Crippen molar-refractivity contribution in [3.05, 3.63) is 40.0 Å². The maximum absolute atomic E-state index is 12.1. The molecule has 0 saturated carbocycles. The molecule has 0 bridgehead atoms. The van der Waals surface area contributed by atoms with E-state index in [0.29, 0.717) is 12.1 Å². The summed E-state index contributed by atoms with van der Waals surface area (Å²) in [5, 5.41) is 6.88. The number of carbonyl (C=O) groups is 1. The Morgan fingerprint density at radius 1 is 1.50 bits per heavy atom. The quantitative estimate of drug-likeness (QED) is 0.658. The summed E-state index contributed by atoms with van der Waals surface area (Å²) in [6.45, 7) is 2.65. The predicted octanol–water partition coefficient (Wildman–Crippen LogP) is 2.93. The Hall–Kier alpha value is -1.40. The van der Waals surface area contributed by atoms with Crippen molar-refractivity contribution in [1.82, 2.24) is 15.3 Å². The summed E-state index contributed by atoms with van der Waals surface area (Å²) in [6, 6.07) is 3.59. The molecule has 0 fully saturated rings. The van der Waals surface area contributed by atoms with Crippen LogP contribution in [0.4, 0.5) is 0 Å². The second-order valence-electron chi connectivity index (χ2n) is 4.30. The number of nitrogens with zero attached hydrogens (tertiary/aromatic N) is 2. The third-order valence-corrected chi connectivity index (χ3v) is 4.47. The van der Waals surface area contributed by atoms with Gasteiger partial charge in [0.05, 0.1) is 10.6 Å². The maximum Gasteiger partial charge on any atom is 0.254 e. The van der Waals surface area contributed by atoms with Gasteiger partial charge in [0.15, 0.2) is 0 Å². The molecule has 2 aromatic rings. The molecule has 2 rings (SSSR count). The van der Waals surface area contributed by atoms with Gasteiger partial charge in [-0.3, -0.25) is 4.79 Å². The largest absolute Gasteiger partial charge is 0.352 e. The number of carbonyl (C=O) groups excluding carboxylic acids is 1. The zero-order chi connectivity index (χ0) is 14.4. The molecule has 2 aromatic heterocycles. The number of nitrogens with one attached hydrogen (secondary N) is 1. The molecule has 0 atom stereocenters. The number of aromatic nitrogens is 2. The van der Waals surface area contributed by atoms with Gasteiger partial charge in [0.1, 0.15) is 5.03 Å². The van der Waals surface area contributed by atoms with Crippen molar-refractivity contribution >= 4 is 29.0 Å². The Labute approximate surface area is 127 Å². The van der Waals surface area contributed by atoms with E-state index in [2.05, 4.69) is 15.3 Å². The molecule has 2 heterocycles. The first-order chi connectivity index (χ1) is 9.70. The van der Waals surface area contributed by atoms with Gasteiger partial charge in [-0.05, 0) is 31.7 Å². The summed E-state index contributed by atoms with van der Waals surface area (Å²) < 4.78 is 0. The van der Waals surface area contributed by atoms with E-state index >= 15 is 0 Å². The average Bonchev–Trinajstić information content (AvgIpc) is 2.89. The minimum absolute atomic E-state index is 0.0576. The van der Waals surface area contributed by atoms with Gasteiger partial charge in [0, 0.05) is 30.2 Å². The van der Waals surface area contributed by atoms with Crippen molar-refractivity contribution in [2.24, 2.45) is 0 Å². The van der Waals surface area contributed by atoms with Gasteiger partial charge in [-0.2, -0.15) is 0 Å². The predicted molar refractivity (Wildman–Crippen MR) is 83.5 cm³/mol. The second-order valence-corrected chi connectivity index (χ2v) is 6.04. The van der Waals surface area contributed by atoms with Gasteiger partial charge in [0.2, 0.25) is 0 Å². The van der Waals surface area contributed by atoms with Gasteiger partial charge in [-0.25, -0.2) is 9.97 Å². The molecule has 6 heteroatoms. The van der Waals surface area contributed by atoms with E-state index in [-0.39, 0.29) is 5.91 Å². The van der Waals surface area contributed by atoms with E-state index in [0.717, 1.165) is 28.6 Å². The van der Waals surface area contributed by atoms with Crippen LogP contribution < -0.4 is 5.32 Å². The first-order valence-electron chi connectivity index (χ1n) is 6.39. The Balaban J connectivity index is 1.80. The highest BCUT2D eigenvalue weighted by Gasteiger charge is 2.10. The Bertz CT molecular complexity index is 583. The van der Waals surface area contributed by atoms with Crippen molar-refractivity contribution in [1.29, 1.82) is 0 Å². The molecule has 1 N–H and O–H groups in total. The van der Waals surface area contributed by atoms with Crippen molar-refractivity contribution in [3.8, 4) is 0 Å². The molecule has 0 radical (unpaired) electrons.